The van der Waals surface area contributed by atoms with Crippen LogP contribution in [0, 0.1) is 12.8 Å². The standard InChI is InChI=1S/C15H20N2S/c1-10(2)7-12-5-4-6-13(8-12)15(16)14-9-18-11(3)17-14/h4-6,8-10,15H,7,16H2,1-3H3. The van der Waals surface area contributed by atoms with Crippen molar-refractivity contribution < 1.29 is 0 Å². The minimum Gasteiger partial charge on any atom is -0.319 e. The Labute approximate surface area is 113 Å². The zero-order valence-electron chi connectivity index (χ0n) is 11.2. The second-order valence-corrected chi connectivity index (χ2v) is 6.17. The molecule has 2 aromatic rings. The Bertz CT molecular complexity index is 517. The molecular formula is C15H20N2S. The number of nitrogens with zero attached hydrogens (tertiary/aromatic N) is 1. The number of aryl methyl sites for hydroxylation is 1. The SMILES string of the molecule is Cc1nc(C(N)c2cccc(CC(C)C)c2)cs1. The summed E-state index contributed by atoms with van der Waals surface area (Å²) in [7, 11) is 0. The van der Waals surface area contributed by atoms with Gasteiger partial charge in [-0.2, -0.15) is 0 Å². The van der Waals surface area contributed by atoms with Crippen LogP contribution < -0.4 is 5.73 Å². The molecule has 18 heavy (non-hydrogen) atoms. The van der Waals surface area contributed by atoms with Crippen LogP contribution in [0.3, 0.4) is 0 Å². The fourth-order valence-corrected chi connectivity index (χ4v) is 2.73. The highest BCUT2D eigenvalue weighted by atomic mass is 32.1. The molecule has 0 aliphatic heterocycles. The molecule has 2 nitrogen and oxygen atoms in total. The summed E-state index contributed by atoms with van der Waals surface area (Å²) in [6.07, 6.45) is 1.09. The summed E-state index contributed by atoms with van der Waals surface area (Å²) in [5.74, 6) is 0.665. The van der Waals surface area contributed by atoms with Crippen LogP contribution in [-0.2, 0) is 6.42 Å². The minimum atomic E-state index is -0.109. The van der Waals surface area contributed by atoms with Crippen LogP contribution in [0.1, 0.15) is 41.7 Å². The molecule has 0 fully saturated rings. The van der Waals surface area contributed by atoms with Crippen LogP contribution in [0.4, 0.5) is 0 Å². The smallest absolute Gasteiger partial charge is 0.0898 e. The van der Waals surface area contributed by atoms with Crippen LogP contribution in [-0.4, -0.2) is 4.98 Å². The predicted molar refractivity (Wildman–Crippen MR) is 77.9 cm³/mol. The van der Waals surface area contributed by atoms with Crippen molar-refractivity contribution in [1.29, 1.82) is 0 Å². The molecule has 3 heteroatoms. The lowest BCUT2D eigenvalue weighted by atomic mass is 9.98. The molecule has 96 valence electrons. The number of thiazole rings is 1. The zero-order valence-corrected chi connectivity index (χ0v) is 12.0. The van der Waals surface area contributed by atoms with Crippen molar-refractivity contribution in [3.63, 3.8) is 0 Å². The largest absolute Gasteiger partial charge is 0.319 e. The first kappa shape index (κ1) is 13.2. The van der Waals surface area contributed by atoms with Crippen LogP contribution >= 0.6 is 11.3 Å². The van der Waals surface area contributed by atoms with E-state index in [2.05, 4.69) is 48.5 Å². The predicted octanol–water partition coefficient (Wildman–Crippen LogP) is 3.70. The molecule has 1 aromatic carbocycles. The van der Waals surface area contributed by atoms with Gasteiger partial charge < -0.3 is 5.73 Å². The summed E-state index contributed by atoms with van der Waals surface area (Å²) in [6.45, 7) is 6.48. The highest BCUT2D eigenvalue weighted by Crippen LogP contribution is 2.22. The number of hydrogen-bond donors (Lipinski definition) is 1. The number of nitrogens with two attached hydrogens (primary N) is 1. The molecule has 1 unspecified atom stereocenters. The normalized spacial score (nSPS) is 12.9. The highest BCUT2D eigenvalue weighted by Gasteiger charge is 2.12. The molecule has 1 atom stereocenters. The number of hydrogen-bond acceptors (Lipinski definition) is 3. The first-order valence-electron chi connectivity index (χ1n) is 6.32. The van der Waals surface area contributed by atoms with Gasteiger partial charge in [0.15, 0.2) is 0 Å². The maximum Gasteiger partial charge on any atom is 0.0898 e. The first-order chi connectivity index (χ1) is 8.56. The van der Waals surface area contributed by atoms with Gasteiger partial charge in [0.2, 0.25) is 0 Å². The zero-order chi connectivity index (χ0) is 13.1. The van der Waals surface area contributed by atoms with Gasteiger partial charge in [-0.25, -0.2) is 4.98 Å². The molecule has 2 rings (SSSR count). The van der Waals surface area contributed by atoms with Gasteiger partial charge in [0, 0.05) is 5.38 Å². The fourth-order valence-electron chi connectivity index (χ4n) is 2.08. The average Bonchev–Trinajstić information content (AvgIpc) is 2.74. The molecule has 0 amide bonds. The highest BCUT2D eigenvalue weighted by molar-refractivity contribution is 7.09. The van der Waals surface area contributed by atoms with E-state index >= 15 is 0 Å². The molecule has 0 radical (unpaired) electrons. The van der Waals surface area contributed by atoms with E-state index in [-0.39, 0.29) is 6.04 Å². The van der Waals surface area contributed by atoms with Crippen LogP contribution in [0.5, 0.6) is 0 Å². The Kier molecular flexibility index (Phi) is 4.15. The molecule has 0 bridgehead atoms. The van der Waals surface area contributed by atoms with E-state index in [0.29, 0.717) is 5.92 Å². The second kappa shape index (κ2) is 5.63. The maximum atomic E-state index is 6.27. The molecular weight excluding hydrogens is 240 g/mol. The van der Waals surface area contributed by atoms with Gasteiger partial charge >= 0.3 is 0 Å². The van der Waals surface area contributed by atoms with Crippen molar-refractivity contribution in [2.75, 3.05) is 0 Å². The Morgan fingerprint density at radius 3 is 2.72 bits per heavy atom. The van der Waals surface area contributed by atoms with Crippen LogP contribution in [0.15, 0.2) is 29.6 Å². The number of rotatable bonds is 4. The molecule has 0 aliphatic rings. The van der Waals surface area contributed by atoms with Crippen molar-refractivity contribution in [2.45, 2.75) is 33.2 Å². The maximum absolute atomic E-state index is 6.27. The van der Waals surface area contributed by atoms with Gasteiger partial charge in [0.1, 0.15) is 0 Å². The minimum absolute atomic E-state index is 0.109. The van der Waals surface area contributed by atoms with Crippen molar-refractivity contribution >= 4 is 11.3 Å². The Hall–Kier alpha value is -1.19. The Morgan fingerprint density at radius 1 is 1.33 bits per heavy atom. The monoisotopic (exact) mass is 260 g/mol. The lowest BCUT2D eigenvalue weighted by molar-refractivity contribution is 0.646. The third kappa shape index (κ3) is 3.18. The quantitative estimate of drug-likeness (QED) is 0.910. The van der Waals surface area contributed by atoms with Crippen molar-refractivity contribution in [1.82, 2.24) is 4.98 Å². The molecule has 1 aromatic heterocycles. The van der Waals surface area contributed by atoms with E-state index in [4.69, 9.17) is 5.73 Å². The number of benzene rings is 1. The topological polar surface area (TPSA) is 38.9 Å². The summed E-state index contributed by atoms with van der Waals surface area (Å²) in [5.41, 5.74) is 9.75. The summed E-state index contributed by atoms with van der Waals surface area (Å²) in [5, 5.41) is 3.12. The summed E-state index contributed by atoms with van der Waals surface area (Å²) >= 11 is 1.65. The van der Waals surface area contributed by atoms with Crippen molar-refractivity contribution in [3.05, 3.63) is 51.5 Å². The average molecular weight is 260 g/mol. The van der Waals surface area contributed by atoms with Gasteiger partial charge in [0.25, 0.3) is 0 Å². The van der Waals surface area contributed by atoms with E-state index < -0.39 is 0 Å². The van der Waals surface area contributed by atoms with E-state index in [1.807, 2.05) is 6.92 Å². The Morgan fingerprint density at radius 2 is 2.11 bits per heavy atom. The van der Waals surface area contributed by atoms with Gasteiger partial charge in [-0.3, -0.25) is 0 Å². The third-order valence-corrected chi connectivity index (χ3v) is 3.70. The lowest BCUT2D eigenvalue weighted by Gasteiger charge is -2.12. The van der Waals surface area contributed by atoms with Gasteiger partial charge in [0.05, 0.1) is 16.7 Å². The van der Waals surface area contributed by atoms with Gasteiger partial charge in [-0.15, -0.1) is 11.3 Å². The van der Waals surface area contributed by atoms with E-state index in [1.54, 1.807) is 11.3 Å². The van der Waals surface area contributed by atoms with Gasteiger partial charge in [-0.05, 0) is 30.4 Å². The molecule has 1 heterocycles. The second-order valence-electron chi connectivity index (χ2n) is 5.11. The lowest BCUT2D eigenvalue weighted by Crippen LogP contribution is -2.12. The van der Waals surface area contributed by atoms with Crippen molar-refractivity contribution in [3.8, 4) is 0 Å². The third-order valence-electron chi connectivity index (χ3n) is 2.91. The van der Waals surface area contributed by atoms with Gasteiger partial charge in [-0.1, -0.05) is 38.1 Å². The first-order valence-corrected chi connectivity index (χ1v) is 7.20. The summed E-state index contributed by atoms with van der Waals surface area (Å²) < 4.78 is 0. The van der Waals surface area contributed by atoms with E-state index in [0.717, 1.165) is 22.7 Å². The number of aromatic nitrogens is 1. The van der Waals surface area contributed by atoms with Crippen LogP contribution in [0.25, 0.3) is 0 Å². The molecule has 0 saturated heterocycles. The van der Waals surface area contributed by atoms with Crippen LogP contribution in [0.2, 0.25) is 0 Å². The summed E-state index contributed by atoms with van der Waals surface area (Å²) in [4.78, 5) is 4.47. The fraction of sp³-hybridized carbons (Fsp3) is 0.400. The van der Waals surface area contributed by atoms with Crippen molar-refractivity contribution in [2.24, 2.45) is 11.7 Å². The Balaban J connectivity index is 2.22. The molecule has 0 saturated carbocycles. The van der Waals surface area contributed by atoms with E-state index in [9.17, 15) is 0 Å². The summed E-state index contributed by atoms with van der Waals surface area (Å²) in [6, 6.07) is 8.44. The molecule has 2 N–H and O–H groups in total. The molecule has 0 aliphatic carbocycles. The van der Waals surface area contributed by atoms with E-state index in [1.165, 1.54) is 5.56 Å². The molecule has 0 spiro atoms.